The zero-order valence-electron chi connectivity index (χ0n) is 25.0. The third kappa shape index (κ3) is 7.58. The summed E-state index contributed by atoms with van der Waals surface area (Å²) in [7, 11) is 0. The normalized spacial score (nSPS) is 22.8. The Morgan fingerprint density at radius 2 is 1.80 bits per heavy atom. The molecule has 0 bridgehead atoms. The summed E-state index contributed by atoms with van der Waals surface area (Å²) >= 11 is 0. The van der Waals surface area contributed by atoms with Gasteiger partial charge < -0.3 is 30.3 Å². The van der Waals surface area contributed by atoms with Crippen molar-refractivity contribution in [2.75, 3.05) is 13.1 Å². The first-order valence-corrected chi connectivity index (χ1v) is 15.0. The summed E-state index contributed by atoms with van der Waals surface area (Å²) in [6, 6.07) is 6.42. The van der Waals surface area contributed by atoms with Gasteiger partial charge in [-0.1, -0.05) is 65.3 Å². The number of nitrogens with zero attached hydrogens (tertiary/aromatic N) is 2. The Morgan fingerprint density at radius 3 is 2.44 bits per heavy atom. The molecule has 0 aromatic heterocycles. The van der Waals surface area contributed by atoms with Crippen molar-refractivity contribution in [3.05, 3.63) is 35.4 Å². The minimum Gasteiger partial charge on any atom is -0.444 e. The number of aliphatic hydroxyl groups excluding tert-OH is 1. The van der Waals surface area contributed by atoms with Crippen LogP contribution in [0.2, 0.25) is 0 Å². The Bertz CT molecular complexity index is 1130. The van der Waals surface area contributed by atoms with E-state index in [1.807, 2.05) is 52.8 Å². The van der Waals surface area contributed by atoms with E-state index in [9.17, 15) is 24.3 Å². The van der Waals surface area contributed by atoms with E-state index in [0.29, 0.717) is 25.9 Å². The Morgan fingerprint density at radius 1 is 1.12 bits per heavy atom. The van der Waals surface area contributed by atoms with E-state index in [1.165, 1.54) is 10.5 Å². The van der Waals surface area contributed by atoms with Gasteiger partial charge in [0.05, 0.1) is 12.6 Å². The molecule has 1 aromatic carbocycles. The minimum absolute atomic E-state index is 0.0841. The molecule has 1 saturated heterocycles. The van der Waals surface area contributed by atoms with Crippen molar-refractivity contribution < 1.29 is 29.0 Å². The molecule has 3 aliphatic rings. The van der Waals surface area contributed by atoms with Crippen LogP contribution in [0.5, 0.6) is 0 Å². The van der Waals surface area contributed by atoms with Gasteiger partial charge in [0.15, 0.2) is 6.10 Å². The van der Waals surface area contributed by atoms with E-state index in [-0.39, 0.29) is 36.2 Å². The van der Waals surface area contributed by atoms with E-state index >= 15 is 0 Å². The maximum absolute atomic E-state index is 13.7. The zero-order chi connectivity index (χ0) is 29.9. The van der Waals surface area contributed by atoms with Crippen LogP contribution >= 0.6 is 0 Å². The van der Waals surface area contributed by atoms with Crippen LogP contribution in [0.15, 0.2) is 24.3 Å². The first kappa shape index (κ1) is 30.8. The molecule has 10 nitrogen and oxygen atoms in total. The van der Waals surface area contributed by atoms with Crippen LogP contribution < -0.4 is 10.6 Å². The molecule has 5 atom stereocenters. The summed E-state index contributed by atoms with van der Waals surface area (Å²) in [5.74, 6) is -1.53. The molecule has 1 saturated carbocycles. The number of amides is 4. The Hall–Kier alpha value is -3.14. The maximum atomic E-state index is 13.7. The molecule has 1 aromatic rings. The highest BCUT2D eigenvalue weighted by molar-refractivity contribution is 5.90. The highest BCUT2D eigenvalue weighted by Gasteiger charge is 2.45. The molecule has 3 N–H and O–H groups in total. The first-order chi connectivity index (χ1) is 19.4. The molecule has 4 rings (SSSR count). The van der Waals surface area contributed by atoms with Gasteiger partial charge in [0.2, 0.25) is 11.8 Å². The summed E-state index contributed by atoms with van der Waals surface area (Å²) in [5.41, 5.74) is 1.97. The zero-order valence-corrected chi connectivity index (χ0v) is 25.0. The van der Waals surface area contributed by atoms with Gasteiger partial charge in [-0.05, 0) is 42.2 Å². The fourth-order valence-electron chi connectivity index (χ4n) is 5.46. The highest BCUT2D eigenvalue weighted by atomic mass is 16.6. The van der Waals surface area contributed by atoms with Crippen LogP contribution in [0.1, 0.15) is 77.8 Å². The molecule has 2 aliphatic heterocycles. The number of likely N-dealkylation sites (tertiary alicyclic amines) is 1. The summed E-state index contributed by atoms with van der Waals surface area (Å²) in [5, 5.41) is 16.4. The van der Waals surface area contributed by atoms with Crippen LogP contribution in [0, 0.1) is 11.3 Å². The van der Waals surface area contributed by atoms with Gasteiger partial charge in [-0.15, -0.1) is 0 Å². The number of hydrogen-bond donors (Lipinski definition) is 3. The monoisotopic (exact) mass is 570 g/mol. The quantitative estimate of drug-likeness (QED) is 0.419. The third-order valence-corrected chi connectivity index (χ3v) is 8.68. The second-order valence-electron chi connectivity index (χ2n) is 12.9. The SMILES string of the molecule is CCCC(NC(=O)[C@@H]1CC(OC(=O)N2CCc3ccccc3C2)CN1C(=O)[C@@H](C)C(C)(C)C)C(O)C(=O)NC1CC1. The summed E-state index contributed by atoms with van der Waals surface area (Å²) < 4.78 is 5.88. The smallest absolute Gasteiger partial charge is 0.410 e. The Kier molecular flexibility index (Phi) is 9.62. The van der Waals surface area contributed by atoms with Gasteiger partial charge in [0.25, 0.3) is 5.91 Å². The van der Waals surface area contributed by atoms with Gasteiger partial charge in [-0.3, -0.25) is 14.4 Å². The molecule has 10 heteroatoms. The number of rotatable bonds is 9. The van der Waals surface area contributed by atoms with Gasteiger partial charge in [-0.2, -0.15) is 0 Å². The molecule has 0 radical (unpaired) electrons. The van der Waals surface area contributed by atoms with Crippen molar-refractivity contribution >= 4 is 23.8 Å². The van der Waals surface area contributed by atoms with Crippen molar-refractivity contribution in [1.29, 1.82) is 0 Å². The molecule has 3 unspecified atom stereocenters. The second-order valence-corrected chi connectivity index (χ2v) is 12.9. The fraction of sp³-hybridized carbons (Fsp3) is 0.677. The molecule has 41 heavy (non-hydrogen) atoms. The molecule has 2 heterocycles. The van der Waals surface area contributed by atoms with Crippen molar-refractivity contribution in [2.24, 2.45) is 11.3 Å². The van der Waals surface area contributed by atoms with Crippen molar-refractivity contribution in [2.45, 2.75) is 110 Å². The summed E-state index contributed by atoms with van der Waals surface area (Å²) in [6.45, 7) is 10.8. The maximum Gasteiger partial charge on any atom is 0.410 e. The van der Waals surface area contributed by atoms with Crippen molar-refractivity contribution in [1.82, 2.24) is 20.4 Å². The van der Waals surface area contributed by atoms with E-state index in [1.54, 1.807) is 4.90 Å². The van der Waals surface area contributed by atoms with Crippen LogP contribution in [-0.4, -0.2) is 82.1 Å². The number of nitrogens with one attached hydrogen (secondary N) is 2. The van der Waals surface area contributed by atoms with Crippen LogP contribution in [-0.2, 0) is 32.1 Å². The number of fused-ring (bicyclic) bond motifs is 1. The van der Waals surface area contributed by atoms with E-state index < -0.39 is 42.2 Å². The van der Waals surface area contributed by atoms with Crippen LogP contribution in [0.25, 0.3) is 0 Å². The summed E-state index contributed by atoms with van der Waals surface area (Å²) in [6.07, 6.45) is 1.20. The van der Waals surface area contributed by atoms with E-state index in [4.69, 9.17) is 4.74 Å². The lowest BCUT2D eigenvalue weighted by molar-refractivity contribution is -0.144. The van der Waals surface area contributed by atoms with E-state index in [0.717, 1.165) is 24.8 Å². The lowest BCUT2D eigenvalue weighted by atomic mass is 9.81. The number of benzene rings is 1. The number of aliphatic hydroxyl groups is 1. The third-order valence-electron chi connectivity index (χ3n) is 8.68. The lowest BCUT2D eigenvalue weighted by Gasteiger charge is -2.33. The van der Waals surface area contributed by atoms with E-state index in [2.05, 4.69) is 16.7 Å². The molecule has 0 spiro atoms. The molecular formula is C31H46N4O6. The molecule has 2 fully saturated rings. The van der Waals surface area contributed by atoms with Gasteiger partial charge in [0.1, 0.15) is 12.1 Å². The summed E-state index contributed by atoms with van der Waals surface area (Å²) in [4.78, 5) is 56.2. The van der Waals surface area contributed by atoms with Crippen molar-refractivity contribution in [3.63, 3.8) is 0 Å². The fourth-order valence-corrected chi connectivity index (χ4v) is 5.46. The minimum atomic E-state index is -1.39. The average molecular weight is 571 g/mol. The number of ether oxygens (including phenoxy) is 1. The molecule has 226 valence electrons. The number of carbonyl (C=O) groups excluding carboxylic acids is 4. The number of hydrogen-bond acceptors (Lipinski definition) is 6. The molecular weight excluding hydrogens is 524 g/mol. The standard InChI is InChI=1S/C31H46N4O6/c1-6-9-24(26(36)28(38)32-22-12-13-22)33-27(37)25-16-23(18-35(25)29(39)19(2)31(3,4)5)41-30(40)34-15-14-20-10-7-8-11-21(20)17-34/h7-8,10-11,19,22-26,36H,6,9,12-18H2,1-5H3,(H,32,38)(H,33,37)/t19-,23?,24?,25+,26?/m1/s1. The average Bonchev–Trinajstić information content (AvgIpc) is 3.66. The highest BCUT2D eigenvalue weighted by Crippen LogP contribution is 2.32. The van der Waals surface area contributed by atoms with Crippen LogP contribution in [0.3, 0.4) is 0 Å². The lowest BCUT2D eigenvalue weighted by Crippen LogP contribution is -2.56. The van der Waals surface area contributed by atoms with Gasteiger partial charge in [-0.25, -0.2) is 4.79 Å². The molecule has 1 aliphatic carbocycles. The Labute approximate surface area is 243 Å². The number of carbonyl (C=O) groups is 4. The largest absolute Gasteiger partial charge is 0.444 e. The van der Waals surface area contributed by atoms with Crippen LogP contribution in [0.4, 0.5) is 4.79 Å². The predicted molar refractivity (Wildman–Crippen MR) is 154 cm³/mol. The first-order valence-electron chi connectivity index (χ1n) is 15.0. The van der Waals surface area contributed by atoms with Gasteiger partial charge >= 0.3 is 6.09 Å². The van der Waals surface area contributed by atoms with Crippen molar-refractivity contribution in [3.8, 4) is 0 Å². The van der Waals surface area contributed by atoms with Gasteiger partial charge in [0, 0.05) is 31.5 Å². The molecule has 4 amide bonds. The topological polar surface area (TPSA) is 128 Å². The Balaban J connectivity index is 1.46. The predicted octanol–water partition coefficient (Wildman–Crippen LogP) is 2.76. The second kappa shape index (κ2) is 12.8.